The van der Waals surface area contributed by atoms with Crippen LogP contribution in [0.1, 0.15) is 0 Å². The average Bonchev–Trinajstić information content (AvgIpc) is 3.84. The summed E-state index contributed by atoms with van der Waals surface area (Å²) in [4.78, 5) is 10.00. The quantitative estimate of drug-likeness (QED) is 0.189. The summed E-state index contributed by atoms with van der Waals surface area (Å²) in [5, 5.41) is 8.62. The summed E-state index contributed by atoms with van der Waals surface area (Å²) in [7, 11) is 0. The molecule has 0 amide bonds. The molecule has 0 bridgehead atoms. The summed E-state index contributed by atoms with van der Waals surface area (Å²) >= 11 is 0. The molecule has 7 aromatic carbocycles. The molecule has 1 aliphatic carbocycles. The van der Waals surface area contributed by atoms with E-state index in [-0.39, 0.29) is 0 Å². The smallest absolute Gasteiger partial charge is 0.138 e. The van der Waals surface area contributed by atoms with E-state index in [0.29, 0.717) is 0 Å². The Hall–Kier alpha value is -7.04. The first-order chi connectivity index (χ1) is 25.8. The molecule has 1 aliphatic rings. The molecule has 0 unspecified atom stereocenters. The number of pyridine rings is 2. The summed E-state index contributed by atoms with van der Waals surface area (Å²) in [6.45, 7) is 0. The van der Waals surface area contributed by atoms with Gasteiger partial charge in [0.2, 0.25) is 0 Å². The highest BCUT2D eigenvalue weighted by Crippen LogP contribution is 2.46. The van der Waals surface area contributed by atoms with Crippen LogP contribution >= 0.6 is 0 Å². The molecule has 4 heteroatoms. The summed E-state index contributed by atoms with van der Waals surface area (Å²) in [6.07, 6.45) is 1.90. The van der Waals surface area contributed by atoms with Crippen molar-refractivity contribution in [2.24, 2.45) is 0 Å². The van der Waals surface area contributed by atoms with Crippen molar-refractivity contribution in [2.75, 3.05) is 0 Å². The minimum atomic E-state index is 0.915. The Bertz CT molecular complexity index is 3290. The second-order valence-corrected chi connectivity index (χ2v) is 13.8. The Morgan fingerprint density at radius 2 is 1.15 bits per heavy atom. The van der Waals surface area contributed by atoms with E-state index in [1.165, 1.54) is 71.1 Å². The lowest BCUT2D eigenvalue weighted by molar-refractivity contribution is 1.09. The van der Waals surface area contributed by atoms with Gasteiger partial charge in [-0.25, -0.2) is 4.98 Å². The lowest BCUT2D eigenvalue weighted by atomic mass is 10.00. The molecule has 240 valence electrons. The number of hydrogen-bond acceptors (Lipinski definition) is 2. The first-order valence-corrected chi connectivity index (χ1v) is 17.7. The van der Waals surface area contributed by atoms with Gasteiger partial charge in [0, 0.05) is 55.3 Å². The zero-order valence-corrected chi connectivity index (χ0v) is 28.0. The molecule has 0 saturated carbocycles. The Morgan fingerprint density at radius 1 is 0.423 bits per heavy atom. The number of benzene rings is 7. The Labute approximate surface area is 298 Å². The van der Waals surface area contributed by atoms with Crippen LogP contribution in [0.5, 0.6) is 0 Å². The molecule has 11 aromatic rings. The zero-order valence-electron chi connectivity index (χ0n) is 28.0. The average molecular weight is 661 g/mol. The van der Waals surface area contributed by atoms with Crippen molar-refractivity contribution in [3.63, 3.8) is 0 Å². The second-order valence-electron chi connectivity index (χ2n) is 13.8. The van der Waals surface area contributed by atoms with Crippen molar-refractivity contribution < 1.29 is 0 Å². The van der Waals surface area contributed by atoms with Crippen LogP contribution in [-0.2, 0) is 0 Å². The largest absolute Gasteiger partial charge is 0.309 e. The van der Waals surface area contributed by atoms with Gasteiger partial charge in [0.05, 0.1) is 33.3 Å². The molecule has 4 nitrogen and oxygen atoms in total. The van der Waals surface area contributed by atoms with Crippen molar-refractivity contribution in [3.8, 4) is 45.0 Å². The Morgan fingerprint density at radius 3 is 2.02 bits per heavy atom. The van der Waals surface area contributed by atoms with Crippen molar-refractivity contribution >= 4 is 65.3 Å². The summed E-state index contributed by atoms with van der Waals surface area (Å²) < 4.78 is 4.74. The fourth-order valence-electron chi connectivity index (χ4n) is 8.83. The van der Waals surface area contributed by atoms with Crippen LogP contribution in [-0.4, -0.2) is 19.1 Å². The van der Waals surface area contributed by atoms with Gasteiger partial charge in [-0.3, -0.25) is 9.55 Å². The first kappa shape index (κ1) is 27.7. The molecule has 12 rings (SSSR count). The van der Waals surface area contributed by atoms with Gasteiger partial charge in [-0.1, -0.05) is 97.1 Å². The predicted octanol–water partition coefficient (Wildman–Crippen LogP) is 12.3. The van der Waals surface area contributed by atoms with Crippen LogP contribution in [0.2, 0.25) is 0 Å². The molecule has 0 fully saturated rings. The topological polar surface area (TPSA) is 35.6 Å². The van der Waals surface area contributed by atoms with Crippen LogP contribution in [0.25, 0.3) is 110 Å². The highest BCUT2D eigenvalue weighted by Gasteiger charge is 2.24. The second kappa shape index (κ2) is 10.3. The molecule has 52 heavy (non-hydrogen) atoms. The number of nitrogens with zero attached hydrogens (tertiary/aromatic N) is 4. The van der Waals surface area contributed by atoms with E-state index in [4.69, 9.17) is 4.98 Å². The van der Waals surface area contributed by atoms with Crippen LogP contribution in [0.3, 0.4) is 0 Å². The van der Waals surface area contributed by atoms with E-state index in [1.54, 1.807) is 0 Å². The van der Waals surface area contributed by atoms with Gasteiger partial charge in [-0.2, -0.15) is 0 Å². The molecular formula is C48H28N4. The van der Waals surface area contributed by atoms with Crippen molar-refractivity contribution in [1.82, 2.24) is 19.1 Å². The first-order valence-electron chi connectivity index (χ1n) is 17.7. The third kappa shape index (κ3) is 3.70. The summed E-state index contributed by atoms with van der Waals surface area (Å²) in [6, 6.07) is 59.3. The number of fused-ring (bicyclic) bond motifs is 11. The molecule has 0 radical (unpaired) electrons. The van der Waals surface area contributed by atoms with Crippen LogP contribution < -0.4 is 0 Å². The summed E-state index contributed by atoms with van der Waals surface area (Å²) in [5.74, 6) is 0.915. The molecule has 0 atom stereocenters. The van der Waals surface area contributed by atoms with Gasteiger partial charge in [0.1, 0.15) is 5.82 Å². The predicted molar refractivity (Wildman–Crippen MR) is 216 cm³/mol. The molecule has 0 N–H and O–H groups in total. The Balaban J connectivity index is 1.06. The molecule has 4 aromatic heterocycles. The van der Waals surface area contributed by atoms with E-state index < -0.39 is 0 Å². The van der Waals surface area contributed by atoms with Crippen LogP contribution in [0.15, 0.2) is 170 Å². The number of rotatable bonds is 3. The fourth-order valence-corrected chi connectivity index (χ4v) is 8.83. The molecule has 0 aliphatic heterocycles. The lowest BCUT2D eigenvalue weighted by Gasteiger charge is -2.10. The van der Waals surface area contributed by atoms with E-state index in [0.717, 1.165) is 39.2 Å². The van der Waals surface area contributed by atoms with Gasteiger partial charge in [-0.05, 0) is 88.8 Å². The Kier molecular flexibility index (Phi) is 5.47. The maximum absolute atomic E-state index is 5.36. The SMILES string of the molecule is c1ccc(-n2c3ccc(-c4ccc5c(c4)c4ccccc4n5-c4ccc5c(n4)-c4cccc6nccc-5c46)cc3c3ccc4ccccc4c32)cc1. The normalized spacial score (nSPS) is 12.2. The third-order valence-corrected chi connectivity index (χ3v) is 11.1. The molecular weight excluding hydrogens is 633 g/mol. The maximum atomic E-state index is 5.36. The van der Waals surface area contributed by atoms with E-state index in [9.17, 15) is 0 Å². The zero-order chi connectivity index (χ0) is 33.9. The van der Waals surface area contributed by atoms with Crippen molar-refractivity contribution in [1.29, 1.82) is 0 Å². The van der Waals surface area contributed by atoms with Crippen LogP contribution in [0.4, 0.5) is 0 Å². The fraction of sp³-hybridized carbons (Fsp3) is 0. The van der Waals surface area contributed by atoms with E-state index in [1.807, 2.05) is 6.20 Å². The van der Waals surface area contributed by atoms with E-state index >= 15 is 0 Å². The van der Waals surface area contributed by atoms with Crippen molar-refractivity contribution in [3.05, 3.63) is 170 Å². The number of hydrogen-bond donors (Lipinski definition) is 0. The van der Waals surface area contributed by atoms with Crippen LogP contribution in [0, 0.1) is 0 Å². The maximum Gasteiger partial charge on any atom is 0.138 e. The summed E-state index contributed by atoms with van der Waals surface area (Å²) in [5.41, 5.74) is 13.8. The molecule has 4 heterocycles. The lowest BCUT2D eigenvalue weighted by Crippen LogP contribution is -1.98. The van der Waals surface area contributed by atoms with Gasteiger partial charge in [0.15, 0.2) is 0 Å². The van der Waals surface area contributed by atoms with Gasteiger partial charge in [-0.15, -0.1) is 0 Å². The molecule has 0 saturated heterocycles. The van der Waals surface area contributed by atoms with Gasteiger partial charge < -0.3 is 4.57 Å². The van der Waals surface area contributed by atoms with Gasteiger partial charge >= 0.3 is 0 Å². The van der Waals surface area contributed by atoms with Gasteiger partial charge in [0.25, 0.3) is 0 Å². The van der Waals surface area contributed by atoms with E-state index in [2.05, 4.69) is 178 Å². The number of para-hydroxylation sites is 2. The monoisotopic (exact) mass is 660 g/mol. The minimum absolute atomic E-state index is 0.915. The highest BCUT2D eigenvalue weighted by atomic mass is 15.1. The highest BCUT2D eigenvalue weighted by molar-refractivity contribution is 6.19. The van der Waals surface area contributed by atoms with Crippen molar-refractivity contribution in [2.45, 2.75) is 0 Å². The number of aromatic nitrogens is 4. The third-order valence-electron chi connectivity index (χ3n) is 11.1. The minimum Gasteiger partial charge on any atom is -0.309 e. The molecule has 0 spiro atoms. The standard InChI is InChI=1S/C48H28N4/c1-2-10-32(11-3-1)51-43-22-18-31(28-40(43)37-20-17-29-9-4-5-12-33(29)48(37)51)30-19-23-44-39(27-30)34-13-6-7-16-42(34)52(44)45-24-21-36-35-25-26-49-41-15-8-14-38(46(35)41)47(36)50-45/h1-28H.